The molecule has 0 saturated heterocycles. The summed E-state index contributed by atoms with van der Waals surface area (Å²) in [6, 6.07) is 14.6. The normalized spacial score (nSPS) is 21.1. The first kappa shape index (κ1) is 16.9. The zero-order valence-electron chi connectivity index (χ0n) is 14.0. The lowest BCUT2D eigenvalue weighted by molar-refractivity contribution is 0.0129. The predicted molar refractivity (Wildman–Crippen MR) is 91.9 cm³/mol. The minimum absolute atomic E-state index is 0.204. The Kier molecular flexibility index (Phi) is 4.15. The van der Waals surface area contributed by atoms with E-state index >= 15 is 0 Å². The van der Waals surface area contributed by atoms with Crippen molar-refractivity contribution in [3.05, 3.63) is 70.8 Å². The van der Waals surface area contributed by atoms with Crippen molar-refractivity contribution in [3.63, 3.8) is 0 Å². The average Bonchev–Trinajstić information content (AvgIpc) is 2.64. The summed E-state index contributed by atoms with van der Waals surface area (Å²) in [4.78, 5) is 25.2. The van der Waals surface area contributed by atoms with Crippen molar-refractivity contribution in [2.45, 2.75) is 26.0 Å². The molecule has 1 aliphatic rings. The van der Waals surface area contributed by atoms with Gasteiger partial charge in [-0.25, -0.2) is 0 Å². The molecule has 0 unspecified atom stereocenters. The number of benzene rings is 2. The smallest absolute Gasteiger partial charge is 0.251 e. The molecule has 0 radical (unpaired) electrons. The van der Waals surface area contributed by atoms with Crippen molar-refractivity contribution in [2.24, 2.45) is 5.41 Å². The Labute approximate surface area is 145 Å². The van der Waals surface area contributed by atoms with Gasteiger partial charge >= 0.3 is 0 Å². The predicted octanol–water partition coefficient (Wildman–Crippen LogP) is 2.61. The molecule has 2 aromatic carbocycles. The van der Waals surface area contributed by atoms with Gasteiger partial charge in [-0.2, -0.15) is 5.26 Å². The summed E-state index contributed by atoms with van der Waals surface area (Å²) >= 11 is 0. The summed E-state index contributed by atoms with van der Waals surface area (Å²) in [5.41, 5.74) is 0.683. The number of amides is 1. The fourth-order valence-electron chi connectivity index (χ4n) is 3.14. The zero-order valence-corrected chi connectivity index (χ0v) is 14.0. The van der Waals surface area contributed by atoms with Gasteiger partial charge in [0.2, 0.25) is 0 Å². The molecule has 2 N–H and O–H groups in total. The summed E-state index contributed by atoms with van der Waals surface area (Å²) in [6.07, 6.45) is -1.10. The molecule has 1 amide bonds. The van der Waals surface area contributed by atoms with E-state index < -0.39 is 17.6 Å². The summed E-state index contributed by atoms with van der Waals surface area (Å²) in [5, 5.41) is 22.7. The summed E-state index contributed by atoms with van der Waals surface area (Å²) in [5.74, 6) is -0.548. The lowest BCUT2D eigenvalue weighted by atomic mass is 9.68. The van der Waals surface area contributed by atoms with Crippen LogP contribution in [0.25, 0.3) is 0 Å². The first-order valence-corrected chi connectivity index (χ1v) is 7.99. The van der Waals surface area contributed by atoms with Crippen LogP contribution in [0.15, 0.2) is 48.5 Å². The maximum atomic E-state index is 12.7. The van der Waals surface area contributed by atoms with E-state index in [1.54, 1.807) is 56.3 Å². The van der Waals surface area contributed by atoms with Gasteiger partial charge in [0.1, 0.15) is 0 Å². The van der Waals surface area contributed by atoms with Crippen molar-refractivity contribution >= 4 is 11.7 Å². The second-order valence-electron chi connectivity index (χ2n) is 6.73. The number of carbonyl (C=O) groups is 2. The maximum Gasteiger partial charge on any atom is 0.251 e. The molecule has 5 heteroatoms. The summed E-state index contributed by atoms with van der Waals surface area (Å²) in [7, 11) is 0. The van der Waals surface area contributed by atoms with Crippen LogP contribution in [0.2, 0.25) is 0 Å². The molecule has 0 heterocycles. The summed E-state index contributed by atoms with van der Waals surface area (Å²) in [6.45, 7) is 3.31. The number of Topliss-reactive ketones (excluding diaryl/α,β-unsaturated/α-hetero) is 1. The Hall–Kier alpha value is -2.97. The maximum absolute atomic E-state index is 12.7. The number of carbonyl (C=O) groups excluding carboxylic acids is 2. The minimum Gasteiger partial charge on any atom is -0.390 e. The van der Waals surface area contributed by atoms with Gasteiger partial charge in [-0.3, -0.25) is 9.59 Å². The largest absolute Gasteiger partial charge is 0.390 e. The third kappa shape index (κ3) is 2.81. The fraction of sp³-hybridized carbons (Fsp3) is 0.250. The van der Waals surface area contributed by atoms with Crippen molar-refractivity contribution in [3.8, 4) is 6.07 Å². The van der Waals surface area contributed by atoms with Crippen molar-refractivity contribution in [2.75, 3.05) is 0 Å². The lowest BCUT2D eigenvalue weighted by Crippen LogP contribution is -2.51. The highest BCUT2D eigenvalue weighted by Gasteiger charge is 2.47. The molecule has 2 atom stereocenters. The number of hydrogen-bond donors (Lipinski definition) is 2. The van der Waals surface area contributed by atoms with Crippen LogP contribution < -0.4 is 5.32 Å². The Morgan fingerprint density at radius 2 is 1.88 bits per heavy atom. The lowest BCUT2D eigenvalue weighted by Gasteiger charge is -2.40. The first-order chi connectivity index (χ1) is 11.9. The van der Waals surface area contributed by atoms with Crippen LogP contribution in [0.3, 0.4) is 0 Å². The molecule has 25 heavy (non-hydrogen) atoms. The molecule has 0 aromatic heterocycles. The monoisotopic (exact) mass is 334 g/mol. The molecule has 0 bridgehead atoms. The molecule has 2 aromatic rings. The van der Waals surface area contributed by atoms with Gasteiger partial charge in [0.25, 0.3) is 5.91 Å². The van der Waals surface area contributed by atoms with E-state index in [0.29, 0.717) is 22.3 Å². The van der Waals surface area contributed by atoms with E-state index in [1.165, 1.54) is 0 Å². The molecule has 3 rings (SSSR count). The van der Waals surface area contributed by atoms with E-state index in [2.05, 4.69) is 5.32 Å². The highest BCUT2D eigenvalue weighted by atomic mass is 16.3. The second-order valence-corrected chi connectivity index (χ2v) is 6.73. The Morgan fingerprint density at radius 3 is 2.52 bits per heavy atom. The molecule has 5 nitrogen and oxygen atoms in total. The van der Waals surface area contributed by atoms with E-state index in [1.807, 2.05) is 12.1 Å². The average molecular weight is 334 g/mol. The number of nitrogens with zero attached hydrogens (tertiary/aromatic N) is 1. The van der Waals surface area contributed by atoms with E-state index in [-0.39, 0.29) is 11.7 Å². The molecule has 126 valence electrons. The molecule has 0 saturated carbocycles. The SMILES string of the molecule is CC1(C)C(=O)c2ccc(C#N)cc2[C@@H](NC(=O)c2ccccc2)[C@@H]1O. The van der Waals surface area contributed by atoms with Gasteiger partial charge in [-0.1, -0.05) is 18.2 Å². The number of aliphatic hydroxyl groups excluding tert-OH is 1. The third-order valence-corrected chi connectivity index (χ3v) is 4.72. The van der Waals surface area contributed by atoms with Gasteiger partial charge in [-0.05, 0) is 49.7 Å². The number of fused-ring (bicyclic) bond motifs is 1. The highest BCUT2D eigenvalue weighted by molar-refractivity contribution is 6.04. The number of nitriles is 1. The molecule has 0 aliphatic heterocycles. The Morgan fingerprint density at radius 1 is 1.20 bits per heavy atom. The van der Waals surface area contributed by atoms with E-state index in [0.717, 1.165) is 0 Å². The van der Waals surface area contributed by atoms with Crippen molar-refractivity contribution in [1.82, 2.24) is 5.32 Å². The highest BCUT2D eigenvalue weighted by Crippen LogP contribution is 2.41. The van der Waals surface area contributed by atoms with Crippen LogP contribution in [0.4, 0.5) is 0 Å². The standard InChI is InChI=1S/C20H18N2O3/c1-20(2)17(23)14-9-8-12(11-21)10-15(14)16(18(20)24)22-19(25)13-6-4-3-5-7-13/h3-10,16,18,24H,1-2H3,(H,22,25)/t16-,18+/m1/s1. The quantitative estimate of drug-likeness (QED) is 0.883. The van der Waals surface area contributed by atoms with Gasteiger partial charge in [-0.15, -0.1) is 0 Å². The number of hydrogen-bond acceptors (Lipinski definition) is 4. The van der Waals surface area contributed by atoms with Gasteiger partial charge in [0, 0.05) is 11.1 Å². The number of rotatable bonds is 2. The van der Waals surface area contributed by atoms with Crippen LogP contribution in [0.5, 0.6) is 0 Å². The Bertz CT molecular complexity index is 882. The van der Waals surface area contributed by atoms with Crippen LogP contribution in [0.1, 0.15) is 51.7 Å². The van der Waals surface area contributed by atoms with Crippen molar-refractivity contribution in [1.29, 1.82) is 5.26 Å². The van der Waals surface area contributed by atoms with Gasteiger partial charge in [0.15, 0.2) is 5.78 Å². The zero-order chi connectivity index (χ0) is 18.2. The first-order valence-electron chi connectivity index (χ1n) is 7.99. The van der Waals surface area contributed by atoms with Crippen LogP contribution in [-0.2, 0) is 0 Å². The summed E-state index contributed by atoms with van der Waals surface area (Å²) < 4.78 is 0. The topological polar surface area (TPSA) is 90.2 Å². The molecular weight excluding hydrogens is 316 g/mol. The fourth-order valence-corrected chi connectivity index (χ4v) is 3.14. The van der Waals surface area contributed by atoms with Crippen LogP contribution in [0, 0.1) is 16.7 Å². The third-order valence-electron chi connectivity index (χ3n) is 4.72. The minimum atomic E-state index is -1.10. The molecule has 1 aliphatic carbocycles. The van der Waals surface area contributed by atoms with Gasteiger partial charge in [0.05, 0.1) is 29.2 Å². The van der Waals surface area contributed by atoms with Crippen LogP contribution in [-0.4, -0.2) is 22.9 Å². The van der Waals surface area contributed by atoms with Gasteiger partial charge < -0.3 is 10.4 Å². The van der Waals surface area contributed by atoms with E-state index in [9.17, 15) is 14.7 Å². The van der Waals surface area contributed by atoms with Crippen LogP contribution >= 0.6 is 0 Å². The van der Waals surface area contributed by atoms with E-state index in [4.69, 9.17) is 5.26 Å². The Balaban J connectivity index is 2.06. The molecule has 0 spiro atoms. The number of nitrogens with one attached hydrogen (secondary N) is 1. The number of aliphatic hydroxyl groups is 1. The molecular formula is C20H18N2O3. The number of ketones is 1. The second kappa shape index (κ2) is 6.15. The molecule has 0 fully saturated rings. The van der Waals surface area contributed by atoms with Crippen molar-refractivity contribution < 1.29 is 14.7 Å².